The van der Waals surface area contributed by atoms with E-state index in [1.165, 1.54) is 31.5 Å². The SMILES string of the molecule is Cn1cc(CC2CCNC2)cn1. The van der Waals surface area contributed by atoms with Crippen molar-refractivity contribution in [3.8, 4) is 0 Å². The summed E-state index contributed by atoms with van der Waals surface area (Å²) in [7, 11) is 1.97. The molecule has 1 aromatic heterocycles. The van der Waals surface area contributed by atoms with E-state index in [9.17, 15) is 0 Å². The Morgan fingerprint density at radius 1 is 1.75 bits per heavy atom. The first-order chi connectivity index (χ1) is 5.84. The molecule has 1 unspecified atom stereocenters. The molecule has 3 nitrogen and oxygen atoms in total. The van der Waals surface area contributed by atoms with Crippen molar-refractivity contribution in [1.29, 1.82) is 0 Å². The minimum atomic E-state index is 0.828. The highest BCUT2D eigenvalue weighted by Crippen LogP contribution is 2.13. The van der Waals surface area contributed by atoms with Gasteiger partial charge in [-0.1, -0.05) is 0 Å². The van der Waals surface area contributed by atoms with Crippen molar-refractivity contribution >= 4 is 0 Å². The molecular formula is C9H15N3. The fourth-order valence-electron chi connectivity index (χ4n) is 1.80. The monoisotopic (exact) mass is 165 g/mol. The smallest absolute Gasteiger partial charge is 0.0521 e. The first kappa shape index (κ1) is 7.80. The van der Waals surface area contributed by atoms with Gasteiger partial charge in [-0.3, -0.25) is 4.68 Å². The van der Waals surface area contributed by atoms with Gasteiger partial charge < -0.3 is 5.32 Å². The van der Waals surface area contributed by atoms with Crippen LogP contribution in [-0.2, 0) is 13.5 Å². The number of nitrogens with zero attached hydrogens (tertiary/aromatic N) is 2. The van der Waals surface area contributed by atoms with E-state index in [2.05, 4.69) is 16.6 Å². The fraction of sp³-hybridized carbons (Fsp3) is 0.667. The largest absolute Gasteiger partial charge is 0.316 e. The Morgan fingerprint density at radius 2 is 2.67 bits per heavy atom. The second kappa shape index (κ2) is 3.27. The van der Waals surface area contributed by atoms with Gasteiger partial charge in [0.25, 0.3) is 0 Å². The van der Waals surface area contributed by atoms with Crippen molar-refractivity contribution in [1.82, 2.24) is 15.1 Å². The van der Waals surface area contributed by atoms with Crippen LogP contribution in [0.1, 0.15) is 12.0 Å². The summed E-state index contributed by atoms with van der Waals surface area (Å²) in [6, 6.07) is 0. The highest BCUT2D eigenvalue weighted by atomic mass is 15.2. The number of hydrogen-bond donors (Lipinski definition) is 1. The van der Waals surface area contributed by atoms with E-state index in [0.29, 0.717) is 0 Å². The van der Waals surface area contributed by atoms with Crippen LogP contribution in [0.15, 0.2) is 12.4 Å². The van der Waals surface area contributed by atoms with Gasteiger partial charge in [-0.25, -0.2) is 0 Å². The van der Waals surface area contributed by atoms with Crippen LogP contribution >= 0.6 is 0 Å². The Balaban J connectivity index is 1.94. The molecule has 1 aliphatic rings. The lowest BCUT2D eigenvalue weighted by molar-refractivity contribution is 0.580. The first-order valence-corrected chi connectivity index (χ1v) is 4.53. The third-order valence-corrected chi connectivity index (χ3v) is 2.45. The Labute approximate surface area is 72.8 Å². The van der Waals surface area contributed by atoms with E-state index in [1.807, 2.05) is 17.9 Å². The molecule has 1 N–H and O–H groups in total. The highest BCUT2D eigenvalue weighted by Gasteiger charge is 2.14. The maximum absolute atomic E-state index is 4.15. The fourth-order valence-corrected chi connectivity index (χ4v) is 1.80. The Kier molecular flexibility index (Phi) is 2.13. The van der Waals surface area contributed by atoms with Crippen LogP contribution in [0, 0.1) is 5.92 Å². The highest BCUT2D eigenvalue weighted by molar-refractivity contribution is 5.05. The molecule has 66 valence electrons. The van der Waals surface area contributed by atoms with E-state index < -0.39 is 0 Å². The van der Waals surface area contributed by atoms with Crippen LogP contribution in [0.5, 0.6) is 0 Å². The molecule has 3 heteroatoms. The zero-order chi connectivity index (χ0) is 8.39. The summed E-state index contributed by atoms with van der Waals surface area (Å²) in [5, 5.41) is 7.53. The minimum Gasteiger partial charge on any atom is -0.316 e. The van der Waals surface area contributed by atoms with Crippen molar-refractivity contribution in [3.05, 3.63) is 18.0 Å². The number of aromatic nitrogens is 2. The molecule has 1 aliphatic heterocycles. The van der Waals surface area contributed by atoms with Gasteiger partial charge in [-0.05, 0) is 37.4 Å². The molecule has 1 aromatic rings. The van der Waals surface area contributed by atoms with Crippen LogP contribution in [-0.4, -0.2) is 22.9 Å². The number of nitrogens with one attached hydrogen (secondary N) is 1. The second-order valence-electron chi connectivity index (χ2n) is 3.59. The van der Waals surface area contributed by atoms with Gasteiger partial charge in [-0.2, -0.15) is 5.10 Å². The molecule has 2 rings (SSSR count). The van der Waals surface area contributed by atoms with Crippen molar-refractivity contribution in [3.63, 3.8) is 0 Å². The average Bonchev–Trinajstić information content (AvgIpc) is 2.63. The van der Waals surface area contributed by atoms with E-state index in [1.54, 1.807) is 0 Å². The Hall–Kier alpha value is -0.830. The van der Waals surface area contributed by atoms with Gasteiger partial charge in [0.1, 0.15) is 0 Å². The number of rotatable bonds is 2. The zero-order valence-corrected chi connectivity index (χ0v) is 7.45. The third-order valence-electron chi connectivity index (χ3n) is 2.45. The van der Waals surface area contributed by atoms with Gasteiger partial charge in [0.2, 0.25) is 0 Å². The normalized spacial score (nSPS) is 23.2. The Morgan fingerprint density at radius 3 is 3.25 bits per heavy atom. The summed E-state index contributed by atoms with van der Waals surface area (Å²) in [5.74, 6) is 0.828. The molecule has 12 heavy (non-hydrogen) atoms. The average molecular weight is 165 g/mol. The molecule has 1 saturated heterocycles. The molecule has 0 spiro atoms. The molecule has 2 heterocycles. The standard InChI is InChI=1S/C9H15N3/c1-12-7-9(6-11-12)4-8-2-3-10-5-8/h6-8,10H,2-5H2,1H3. The topological polar surface area (TPSA) is 29.9 Å². The summed E-state index contributed by atoms with van der Waals surface area (Å²) < 4.78 is 1.87. The third kappa shape index (κ3) is 1.67. The van der Waals surface area contributed by atoms with E-state index in [0.717, 1.165) is 5.92 Å². The lowest BCUT2D eigenvalue weighted by atomic mass is 10.0. The molecule has 0 radical (unpaired) electrons. The van der Waals surface area contributed by atoms with Crippen molar-refractivity contribution in [2.24, 2.45) is 13.0 Å². The molecule has 0 aromatic carbocycles. The van der Waals surface area contributed by atoms with Gasteiger partial charge in [-0.15, -0.1) is 0 Å². The van der Waals surface area contributed by atoms with Crippen molar-refractivity contribution in [2.75, 3.05) is 13.1 Å². The van der Waals surface area contributed by atoms with Gasteiger partial charge in [0.05, 0.1) is 6.20 Å². The molecule has 0 bridgehead atoms. The van der Waals surface area contributed by atoms with Crippen LogP contribution in [0.2, 0.25) is 0 Å². The predicted octanol–water partition coefficient (Wildman–Crippen LogP) is 0.572. The lowest BCUT2D eigenvalue weighted by Crippen LogP contribution is -2.10. The van der Waals surface area contributed by atoms with Crippen molar-refractivity contribution in [2.45, 2.75) is 12.8 Å². The summed E-state index contributed by atoms with van der Waals surface area (Å²) in [6.07, 6.45) is 6.58. The molecule has 1 fully saturated rings. The maximum Gasteiger partial charge on any atom is 0.0521 e. The van der Waals surface area contributed by atoms with Gasteiger partial charge in [0.15, 0.2) is 0 Å². The predicted molar refractivity (Wildman–Crippen MR) is 47.9 cm³/mol. The lowest BCUT2D eigenvalue weighted by Gasteiger charge is -2.04. The number of aryl methyl sites for hydroxylation is 1. The molecule has 0 amide bonds. The van der Waals surface area contributed by atoms with E-state index in [4.69, 9.17) is 0 Å². The Bertz CT molecular complexity index is 248. The van der Waals surface area contributed by atoms with E-state index in [-0.39, 0.29) is 0 Å². The molecular weight excluding hydrogens is 150 g/mol. The second-order valence-corrected chi connectivity index (χ2v) is 3.59. The van der Waals surface area contributed by atoms with Crippen LogP contribution in [0.4, 0.5) is 0 Å². The quantitative estimate of drug-likeness (QED) is 0.694. The summed E-state index contributed by atoms with van der Waals surface area (Å²) in [5.41, 5.74) is 1.37. The minimum absolute atomic E-state index is 0.828. The summed E-state index contributed by atoms with van der Waals surface area (Å²) in [4.78, 5) is 0. The van der Waals surface area contributed by atoms with Gasteiger partial charge >= 0.3 is 0 Å². The molecule has 0 saturated carbocycles. The van der Waals surface area contributed by atoms with Crippen LogP contribution < -0.4 is 5.32 Å². The molecule has 1 atom stereocenters. The summed E-state index contributed by atoms with van der Waals surface area (Å²) in [6.45, 7) is 2.36. The van der Waals surface area contributed by atoms with Crippen LogP contribution in [0.3, 0.4) is 0 Å². The van der Waals surface area contributed by atoms with E-state index >= 15 is 0 Å². The van der Waals surface area contributed by atoms with Crippen LogP contribution in [0.25, 0.3) is 0 Å². The first-order valence-electron chi connectivity index (χ1n) is 4.53. The molecule has 0 aliphatic carbocycles. The number of hydrogen-bond acceptors (Lipinski definition) is 2. The zero-order valence-electron chi connectivity index (χ0n) is 7.45. The van der Waals surface area contributed by atoms with Gasteiger partial charge in [0, 0.05) is 13.2 Å². The summed E-state index contributed by atoms with van der Waals surface area (Å²) >= 11 is 0. The maximum atomic E-state index is 4.15. The van der Waals surface area contributed by atoms with Crippen molar-refractivity contribution < 1.29 is 0 Å².